The van der Waals surface area contributed by atoms with Crippen LogP contribution in [0.5, 0.6) is 0 Å². The average Bonchev–Trinajstić information content (AvgIpc) is 2.30. The number of nitrogens with one attached hydrogen (secondary N) is 1. The fourth-order valence-electron chi connectivity index (χ4n) is 2.17. The Labute approximate surface area is 118 Å². The largest absolute Gasteiger partial charge is 0.315 e. The van der Waals surface area contributed by atoms with Gasteiger partial charge >= 0.3 is 0 Å². The normalized spacial score (nSPS) is 20.1. The third-order valence-electron chi connectivity index (χ3n) is 3.12. The van der Waals surface area contributed by atoms with Crippen LogP contribution in [0.15, 0.2) is 22.9 Å². The topological polar surface area (TPSA) is 28.2 Å². The van der Waals surface area contributed by atoms with Crippen molar-refractivity contribution >= 4 is 28.3 Å². The number of hydrogen-bond acceptors (Lipinski definition) is 3. The van der Waals surface area contributed by atoms with Crippen molar-refractivity contribution < 1.29 is 0 Å². The summed E-state index contributed by atoms with van der Waals surface area (Å²) in [5.74, 6) is 0. The number of rotatable bonds is 3. The number of pyridine rings is 1. The molecule has 0 bridgehead atoms. The molecule has 1 fully saturated rings. The molecule has 0 saturated carbocycles. The van der Waals surface area contributed by atoms with Crippen molar-refractivity contribution in [3.05, 3.63) is 28.5 Å². The van der Waals surface area contributed by atoms with E-state index in [1.54, 1.807) is 0 Å². The molecule has 0 amide bonds. The second-order valence-electron chi connectivity index (χ2n) is 4.40. The Bertz CT molecular complexity index is 342. The molecule has 1 aliphatic heterocycles. The van der Waals surface area contributed by atoms with Crippen molar-refractivity contribution in [3.8, 4) is 0 Å². The minimum atomic E-state index is 0. The quantitative estimate of drug-likeness (QED) is 0.867. The highest BCUT2D eigenvalue weighted by molar-refractivity contribution is 9.10. The van der Waals surface area contributed by atoms with E-state index in [9.17, 15) is 0 Å². The van der Waals surface area contributed by atoms with E-state index in [-0.39, 0.29) is 12.4 Å². The first-order valence-corrected chi connectivity index (χ1v) is 6.56. The zero-order chi connectivity index (χ0) is 11.4. The Kier molecular flexibility index (Phi) is 6.41. The highest BCUT2D eigenvalue weighted by Crippen LogP contribution is 2.14. The first kappa shape index (κ1) is 14.9. The molecule has 1 aromatic heterocycles. The molecule has 5 heteroatoms. The maximum absolute atomic E-state index is 4.15. The van der Waals surface area contributed by atoms with Crippen molar-refractivity contribution in [2.75, 3.05) is 20.1 Å². The molecule has 1 N–H and O–H groups in total. The van der Waals surface area contributed by atoms with Crippen LogP contribution in [0.4, 0.5) is 0 Å². The zero-order valence-electron chi connectivity index (χ0n) is 10.0. The summed E-state index contributed by atoms with van der Waals surface area (Å²) < 4.78 is 0.917. The average molecular weight is 321 g/mol. The predicted molar refractivity (Wildman–Crippen MR) is 76.5 cm³/mol. The molecule has 1 aromatic rings. The molecule has 0 aliphatic carbocycles. The Morgan fingerprint density at radius 1 is 1.59 bits per heavy atom. The summed E-state index contributed by atoms with van der Waals surface area (Å²) >= 11 is 3.41. The van der Waals surface area contributed by atoms with Crippen LogP contribution >= 0.6 is 28.3 Å². The van der Waals surface area contributed by atoms with Crippen molar-refractivity contribution in [3.63, 3.8) is 0 Å². The number of halogens is 2. The molecule has 2 rings (SSSR count). The Morgan fingerprint density at radius 2 is 2.41 bits per heavy atom. The molecule has 1 aliphatic rings. The van der Waals surface area contributed by atoms with Gasteiger partial charge in [-0.25, -0.2) is 4.98 Å². The molecule has 1 atom stereocenters. The summed E-state index contributed by atoms with van der Waals surface area (Å²) in [6.45, 7) is 3.28. The van der Waals surface area contributed by atoms with Crippen LogP contribution in [0.25, 0.3) is 0 Å². The third kappa shape index (κ3) is 4.54. The Morgan fingerprint density at radius 3 is 3.06 bits per heavy atom. The summed E-state index contributed by atoms with van der Waals surface area (Å²) in [4.78, 5) is 6.57. The number of likely N-dealkylation sites (N-methyl/N-ethyl adjacent to an activating group) is 1. The summed E-state index contributed by atoms with van der Waals surface area (Å²) in [7, 11) is 2.20. The minimum Gasteiger partial charge on any atom is -0.315 e. The number of piperidine rings is 1. The standard InChI is InChI=1S/C12H18BrN3.ClH/c1-16(11-3-2-5-14-8-11)9-10-4-6-15-12(13)7-10;/h4,6-7,11,14H,2-3,5,8-9H2,1H3;1H/t11-;/m1./s1. The monoisotopic (exact) mass is 319 g/mol. The van der Waals surface area contributed by atoms with Crippen molar-refractivity contribution in [1.82, 2.24) is 15.2 Å². The van der Waals surface area contributed by atoms with Crippen LogP contribution < -0.4 is 5.32 Å². The fraction of sp³-hybridized carbons (Fsp3) is 0.583. The molecule has 3 nitrogen and oxygen atoms in total. The van der Waals surface area contributed by atoms with Crippen LogP contribution in [0.1, 0.15) is 18.4 Å². The first-order chi connectivity index (χ1) is 7.75. The van der Waals surface area contributed by atoms with E-state index < -0.39 is 0 Å². The predicted octanol–water partition coefficient (Wildman–Crippen LogP) is 2.45. The highest BCUT2D eigenvalue weighted by atomic mass is 79.9. The molecule has 0 unspecified atom stereocenters. The van der Waals surface area contributed by atoms with E-state index in [4.69, 9.17) is 0 Å². The molecular formula is C12H19BrClN3. The van der Waals surface area contributed by atoms with Gasteiger partial charge in [0.05, 0.1) is 0 Å². The number of nitrogens with zero attached hydrogens (tertiary/aromatic N) is 2. The van der Waals surface area contributed by atoms with Gasteiger partial charge in [0, 0.05) is 25.3 Å². The van der Waals surface area contributed by atoms with Crippen LogP contribution in [0, 0.1) is 0 Å². The smallest absolute Gasteiger partial charge is 0.106 e. The van der Waals surface area contributed by atoms with Gasteiger partial charge < -0.3 is 5.32 Å². The van der Waals surface area contributed by atoms with E-state index in [0.29, 0.717) is 6.04 Å². The maximum atomic E-state index is 4.15. The van der Waals surface area contributed by atoms with Gasteiger partial charge in [0.15, 0.2) is 0 Å². The lowest BCUT2D eigenvalue weighted by atomic mass is 10.1. The van der Waals surface area contributed by atoms with Crippen LogP contribution in [0.3, 0.4) is 0 Å². The summed E-state index contributed by atoms with van der Waals surface area (Å²) in [6, 6.07) is 4.84. The maximum Gasteiger partial charge on any atom is 0.106 e. The van der Waals surface area contributed by atoms with Gasteiger partial charge in [-0.1, -0.05) is 0 Å². The van der Waals surface area contributed by atoms with Crippen LogP contribution in [-0.2, 0) is 6.54 Å². The SMILES string of the molecule is CN(Cc1ccnc(Br)c1)[C@@H]1CCCNC1.Cl. The van der Waals surface area contributed by atoms with Gasteiger partial charge in [0.2, 0.25) is 0 Å². The van der Waals surface area contributed by atoms with Gasteiger partial charge in [0.25, 0.3) is 0 Å². The van der Waals surface area contributed by atoms with Gasteiger partial charge in [-0.3, -0.25) is 4.90 Å². The second-order valence-corrected chi connectivity index (χ2v) is 5.21. The van der Waals surface area contributed by atoms with Gasteiger partial charge in [-0.05, 0) is 60.1 Å². The Balaban J connectivity index is 0.00000144. The van der Waals surface area contributed by atoms with Crippen molar-refractivity contribution in [1.29, 1.82) is 0 Å². The van der Waals surface area contributed by atoms with Gasteiger partial charge in [-0.15, -0.1) is 12.4 Å². The lowest BCUT2D eigenvalue weighted by molar-refractivity contribution is 0.196. The summed E-state index contributed by atoms with van der Waals surface area (Å²) in [6.07, 6.45) is 4.44. The molecule has 2 heterocycles. The Hall–Kier alpha value is -0.160. The number of hydrogen-bond donors (Lipinski definition) is 1. The van der Waals surface area contributed by atoms with Crippen LogP contribution in [-0.4, -0.2) is 36.1 Å². The van der Waals surface area contributed by atoms with Gasteiger partial charge in [0.1, 0.15) is 4.60 Å². The fourth-order valence-corrected chi connectivity index (χ4v) is 2.58. The third-order valence-corrected chi connectivity index (χ3v) is 3.55. The molecule has 0 aromatic carbocycles. The van der Waals surface area contributed by atoms with E-state index in [1.807, 2.05) is 6.20 Å². The van der Waals surface area contributed by atoms with E-state index in [1.165, 1.54) is 24.9 Å². The first-order valence-electron chi connectivity index (χ1n) is 5.77. The molecule has 17 heavy (non-hydrogen) atoms. The second kappa shape index (κ2) is 7.31. The lowest BCUT2D eigenvalue weighted by Gasteiger charge is -2.31. The summed E-state index contributed by atoms with van der Waals surface area (Å²) in [5, 5.41) is 3.45. The van der Waals surface area contributed by atoms with E-state index in [0.717, 1.165) is 17.7 Å². The van der Waals surface area contributed by atoms with Crippen molar-refractivity contribution in [2.45, 2.75) is 25.4 Å². The molecule has 0 spiro atoms. The number of aromatic nitrogens is 1. The minimum absolute atomic E-state index is 0. The van der Waals surface area contributed by atoms with E-state index in [2.05, 4.69) is 50.3 Å². The van der Waals surface area contributed by atoms with Crippen molar-refractivity contribution in [2.24, 2.45) is 0 Å². The van der Waals surface area contributed by atoms with Crippen LogP contribution in [0.2, 0.25) is 0 Å². The molecule has 96 valence electrons. The molecule has 0 radical (unpaired) electrons. The highest BCUT2D eigenvalue weighted by Gasteiger charge is 2.17. The lowest BCUT2D eigenvalue weighted by Crippen LogP contribution is -2.43. The van der Waals surface area contributed by atoms with E-state index >= 15 is 0 Å². The molecular weight excluding hydrogens is 302 g/mol. The van der Waals surface area contributed by atoms with Gasteiger partial charge in [-0.2, -0.15) is 0 Å². The molecule has 1 saturated heterocycles. The zero-order valence-corrected chi connectivity index (χ0v) is 12.4. The summed E-state index contributed by atoms with van der Waals surface area (Å²) in [5.41, 5.74) is 1.31.